The molecule has 0 aliphatic rings. The fraction of sp³-hybridized carbons (Fsp3) is 0.778. The van der Waals surface area contributed by atoms with E-state index in [4.69, 9.17) is 10.2 Å². The average molecular weight is 266 g/mol. The van der Waals surface area contributed by atoms with Crippen molar-refractivity contribution in [3.8, 4) is 0 Å². The highest BCUT2D eigenvalue weighted by molar-refractivity contribution is 7.84. The molecule has 4 N–H and O–H groups in total. The van der Waals surface area contributed by atoms with Crippen molar-refractivity contribution in [1.82, 2.24) is 10.6 Å². The van der Waals surface area contributed by atoms with Crippen molar-refractivity contribution in [3.05, 3.63) is 0 Å². The van der Waals surface area contributed by atoms with Gasteiger partial charge in [-0.2, -0.15) is 0 Å². The van der Waals surface area contributed by atoms with Crippen LogP contribution in [0.25, 0.3) is 0 Å². The van der Waals surface area contributed by atoms with Crippen LogP contribution in [-0.2, 0) is 15.6 Å². The van der Waals surface area contributed by atoms with Crippen LogP contribution in [0, 0.1) is 0 Å². The van der Waals surface area contributed by atoms with E-state index < -0.39 is 34.9 Å². The number of carboxylic acid groups (broad SMARTS) is 1. The van der Waals surface area contributed by atoms with Gasteiger partial charge < -0.3 is 20.8 Å². The number of aliphatic carboxylic acids is 1. The summed E-state index contributed by atoms with van der Waals surface area (Å²) in [7, 11) is -0.911. The van der Waals surface area contributed by atoms with Crippen molar-refractivity contribution in [2.45, 2.75) is 25.5 Å². The van der Waals surface area contributed by atoms with E-state index in [-0.39, 0.29) is 0 Å². The molecule has 0 bridgehead atoms. The summed E-state index contributed by atoms with van der Waals surface area (Å²) in [6, 6.07) is -2.00. The highest BCUT2D eigenvalue weighted by Crippen LogP contribution is 1.92. The molecule has 0 aliphatic heterocycles. The first-order chi connectivity index (χ1) is 7.84. The number of urea groups is 1. The summed E-state index contributed by atoms with van der Waals surface area (Å²) < 4.78 is 10.7. The summed E-state index contributed by atoms with van der Waals surface area (Å²) in [4.78, 5) is 21.9. The highest BCUT2D eigenvalue weighted by Gasteiger charge is 2.24. The zero-order valence-electron chi connectivity index (χ0n) is 9.80. The first kappa shape index (κ1) is 15.9. The predicted octanol–water partition coefficient (Wildman–Crippen LogP) is -1.11. The van der Waals surface area contributed by atoms with Gasteiger partial charge in [-0.3, -0.25) is 4.21 Å². The number of amides is 2. The molecular formula is C9H18N2O5S. The topological polar surface area (TPSA) is 116 Å². The number of carboxylic acids is 1. The number of hydrogen-bond acceptors (Lipinski definition) is 4. The van der Waals surface area contributed by atoms with Gasteiger partial charge in [0.25, 0.3) is 0 Å². The lowest BCUT2D eigenvalue weighted by Crippen LogP contribution is -2.51. The number of rotatable bonds is 7. The van der Waals surface area contributed by atoms with Gasteiger partial charge >= 0.3 is 12.0 Å². The number of aliphatic hydroxyl groups excluding tert-OH is 1. The molecule has 8 heteroatoms. The van der Waals surface area contributed by atoms with Crippen LogP contribution in [0.3, 0.4) is 0 Å². The molecule has 0 saturated heterocycles. The number of carbonyl (C=O) groups is 2. The van der Waals surface area contributed by atoms with Crippen LogP contribution in [-0.4, -0.2) is 57.1 Å². The van der Waals surface area contributed by atoms with Crippen LogP contribution in [0.1, 0.15) is 13.3 Å². The van der Waals surface area contributed by atoms with Crippen molar-refractivity contribution >= 4 is 22.8 Å². The SMILES string of the molecule is C[C@@H](O)[C@H](NC(=O)NCCCS(C)=O)C(=O)O. The summed E-state index contributed by atoms with van der Waals surface area (Å²) in [5.41, 5.74) is 0. The molecule has 0 aromatic heterocycles. The summed E-state index contributed by atoms with van der Waals surface area (Å²) >= 11 is 0. The second-order valence-electron chi connectivity index (χ2n) is 3.59. The molecule has 0 radical (unpaired) electrons. The fourth-order valence-electron chi connectivity index (χ4n) is 1.06. The number of hydrogen-bond donors (Lipinski definition) is 4. The minimum Gasteiger partial charge on any atom is -0.480 e. The monoisotopic (exact) mass is 266 g/mol. The van der Waals surface area contributed by atoms with Crippen molar-refractivity contribution in [2.24, 2.45) is 0 Å². The lowest BCUT2D eigenvalue weighted by atomic mass is 10.2. The van der Waals surface area contributed by atoms with Crippen molar-refractivity contribution in [2.75, 3.05) is 18.6 Å². The average Bonchev–Trinajstić information content (AvgIpc) is 2.19. The van der Waals surface area contributed by atoms with E-state index >= 15 is 0 Å². The number of carbonyl (C=O) groups excluding carboxylic acids is 1. The molecule has 1 unspecified atom stereocenters. The van der Waals surface area contributed by atoms with Crippen LogP contribution in [0.15, 0.2) is 0 Å². The van der Waals surface area contributed by atoms with Crippen molar-refractivity contribution < 1.29 is 24.0 Å². The molecule has 7 nitrogen and oxygen atoms in total. The lowest BCUT2D eigenvalue weighted by molar-refractivity contribution is -0.141. The Labute approximate surface area is 102 Å². The van der Waals surface area contributed by atoms with Gasteiger partial charge in [-0.25, -0.2) is 9.59 Å². The van der Waals surface area contributed by atoms with Crippen molar-refractivity contribution in [1.29, 1.82) is 0 Å². The Morgan fingerprint density at radius 1 is 1.41 bits per heavy atom. The maximum Gasteiger partial charge on any atom is 0.328 e. The van der Waals surface area contributed by atoms with Gasteiger partial charge in [0.05, 0.1) is 6.10 Å². The van der Waals surface area contributed by atoms with E-state index in [1.807, 2.05) is 0 Å². The molecule has 0 saturated carbocycles. The second kappa shape index (κ2) is 8.02. The minimum absolute atomic E-state index is 0.303. The summed E-state index contributed by atoms with van der Waals surface area (Å²) in [6.07, 6.45) is 0.929. The Hall–Kier alpha value is -1.15. The van der Waals surface area contributed by atoms with Gasteiger partial charge in [-0.15, -0.1) is 0 Å². The molecule has 100 valence electrons. The minimum atomic E-state index is -1.34. The van der Waals surface area contributed by atoms with Gasteiger partial charge in [0.1, 0.15) is 0 Å². The second-order valence-corrected chi connectivity index (χ2v) is 5.14. The molecular weight excluding hydrogens is 248 g/mol. The molecule has 0 aliphatic carbocycles. The van der Waals surface area contributed by atoms with E-state index in [0.717, 1.165) is 0 Å². The normalized spacial score (nSPS) is 15.7. The molecule has 0 aromatic rings. The summed E-state index contributed by atoms with van der Waals surface area (Å²) in [6.45, 7) is 1.58. The molecule has 0 spiro atoms. The van der Waals surface area contributed by atoms with E-state index in [9.17, 15) is 13.8 Å². The summed E-state index contributed by atoms with van der Waals surface area (Å²) in [5.74, 6) is -0.830. The number of aliphatic hydroxyl groups is 1. The quantitative estimate of drug-likeness (QED) is 0.436. The first-order valence-corrected chi connectivity index (χ1v) is 6.82. The maximum atomic E-state index is 11.2. The molecule has 2 amide bonds. The first-order valence-electron chi connectivity index (χ1n) is 5.10. The van der Waals surface area contributed by atoms with Crippen LogP contribution < -0.4 is 10.6 Å². The van der Waals surface area contributed by atoms with Gasteiger partial charge in [0.15, 0.2) is 6.04 Å². The van der Waals surface area contributed by atoms with E-state index in [0.29, 0.717) is 18.7 Å². The zero-order valence-corrected chi connectivity index (χ0v) is 10.6. The smallest absolute Gasteiger partial charge is 0.328 e. The van der Waals surface area contributed by atoms with Crippen LogP contribution in [0.4, 0.5) is 4.79 Å². The van der Waals surface area contributed by atoms with Crippen LogP contribution in [0.2, 0.25) is 0 Å². The van der Waals surface area contributed by atoms with Gasteiger partial charge in [0, 0.05) is 29.4 Å². The largest absolute Gasteiger partial charge is 0.480 e. The third kappa shape index (κ3) is 7.70. The Kier molecular flexibility index (Phi) is 7.47. The molecule has 0 aromatic carbocycles. The molecule has 0 heterocycles. The lowest BCUT2D eigenvalue weighted by Gasteiger charge is -2.17. The van der Waals surface area contributed by atoms with E-state index in [1.54, 1.807) is 6.26 Å². The standard InChI is InChI=1S/C9H18N2O5S/c1-6(12)7(8(13)14)11-9(15)10-4-3-5-17(2)16/h6-7,12H,3-5H2,1-2H3,(H,13,14)(H2,10,11,15)/t6-,7+,17?/m1/s1. The fourth-order valence-corrected chi connectivity index (χ4v) is 1.61. The van der Waals surface area contributed by atoms with Gasteiger partial charge in [0.2, 0.25) is 0 Å². The predicted molar refractivity (Wildman–Crippen MR) is 63.2 cm³/mol. The van der Waals surface area contributed by atoms with Gasteiger partial charge in [-0.05, 0) is 13.3 Å². The molecule has 0 rings (SSSR count). The maximum absolute atomic E-state index is 11.2. The van der Waals surface area contributed by atoms with E-state index in [2.05, 4.69) is 10.6 Å². The highest BCUT2D eigenvalue weighted by atomic mass is 32.2. The third-order valence-electron chi connectivity index (χ3n) is 1.93. The summed E-state index contributed by atoms with van der Waals surface area (Å²) in [5, 5.41) is 22.4. The molecule has 0 fully saturated rings. The Bertz CT molecular complexity index is 295. The molecule has 3 atom stereocenters. The Balaban J connectivity index is 3.91. The van der Waals surface area contributed by atoms with Crippen LogP contribution >= 0.6 is 0 Å². The third-order valence-corrected chi connectivity index (χ3v) is 2.79. The Morgan fingerprint density at radius 3 is 2.41 bits per heavy atom. The molecule has 17 heavy (non-hydrogen) atoms. The number of nitrogens with one attached hydrogen (secondary N) is 2. The van der Waals surface area contributed by atoms with Gasteiger partial charge in [-0.1, -0.05) is 0 Å². The van der Waals surface area contributed by atoms with E-state index in [1.165, 1.54) is 6.92 Å². The Morgan fingerprint density at radius 2 is 2.00 bits per heavy atom. The van der Waals surface area contributed by atoms with Crippen molar-refractivity contribution in [3.63, 3.8) is 0 Å². The van der Waals surface area contributed by atoms with Crippen LogP contribution in [0.5, 0.6) is 0 Å². The zero-order chi connectivity index (χ0) is 13.4.